The summed E-state index contributed by atoms with van der Waals surface area (Å²) >= 11 is 0. The monoisotopic (exact) mass is 388 g/mol. The van der Waals surface area contributed by atoms with Crippen LogP contribution in [0.15, 0.2) is 28.7 Å². The Balaban J connectivity index is 1.38. The summed E-state index contributed by atoms with van der Waals surface area (Å²) in [5, 5.41) is 19.6. The highest BCUT2D eigenvalue weighted by Crippen LogP contribution is 2.33. The summed E-state index contributed by atoms with van der Waals surface area (Å²) in [4.78, 5) is 12.9. The predicted molar refractivity (Wildman–Crippen MR) is 99.0 cm³/mol. The lowest BCUT2D eigenvalue weighted by Crippen LogP contribution is -2.36. The van der Waals surface area contributed by atoms with Crippen molar-refractivity contribution in [1.82, 2.24) is 15.1 Å². The van der Waals surface area contributed by atoms with E-state index in [2.05, 4.69) is 15.1 Å². The average molecular weight is 388 g/mol. The van der Waals surface area contributed by atoms with Gasteiger partial charge in [-0.25, -0.2) is 0 Å². The first-order valence-electron chi connectivity index (χ1n) is 9.77. The van der Waals surface area contributed by atoms with Crippen LogP contribution in [0, 0.1) is 10.1 Å². The molecule has 2 aliphatic heterocycles. The zero-order valence-corrected chi connectivity index (χ0v) is 15.7. The average Bonchev–Trinajstić information content (AvgIpc) is 3.40. The predicted octanol–water partition coefficient (Wildman–Crippen LogP) is 3.44. The molecule has 2 saturated heterocycles. The van der Waals surface area contributed by atoms with E-state index in [1.165, 1.54) is 6.07 Å². The van der Waals surface area contributed by atoms with Gasteiger partial charge in [-0.15, -0.1) is 10.2 Å². The number of hydrogen-bond donors (Lipinski definition) is 0. The molecule has 0 bridgehead atoms. The van der Waals surface area contributed by atoms with Crippen LogP contribution in [0.5, 0.6) is 5.75 Å². The Morgan fingerprint density at radius 2 is 2.04 bits per heavy atom. The SMILES string of the molecule is O=[N+]([O-])c1ccccc1OCCN1CCCC[C@H]1c1nnc([C@H]2CCCO2)o1. The van der Waals surface area contributed by atoms with E-state index in [0.717, 1.165) is 45.3 Å². The van der Waals surface area contributed by atoms with E-state index in [9.17, 15) is 10.1 Å². The molecule has 0 saturated carbocycles. The van der Waals surface area contributed by atoms with Gasteiger partial charge in [0.1, 0.15) is 12.7 Å². The van der Waals surface area contributed by atoms with Crippen molar-refractivity contribution in [3.05, 3.63) is 46.2 Å². The Bertz CT molecular complexity index is 805. The molecule has 1 aromatic carbocycles. The van der Waals surface area contributed by atoms with Gasteiger partial charge in [0.15, 0.2) is 5.75 Å². The first-order valence-corrected chi connectivity index (χ1v) is 9.77. The maximum Gasteiger partial charge on any atom is 0.310 e. The van der Waals surface area contributed by atoms with Crippen LogP contribution in [-0.4, -0.2) is 46.3 Å². The number of hydrogen-bond acceptors (Lipinski definition) is 8. The van der Waals surface area contributed by atoms with Gasteiger partial charge in [-0.2, -0.15) is 0 Å². The molecule has 150 valence electrons. The lowest BCUT2D eigenvalue weighted by Gasteiger charge is -2.33. The number of rotatable bonds is 7. The highest BCUT2D eigenvalue weighted by molar-refractivity contribution is 5.45. The summed E-state index contributed by atoms with van der Waals surface area (Å²) in [5.41, 5.74) is -0.0178. The Morgan fingerprint density at radius 3 is 2.86 bits per heavy atom. The second kappa shape index (κ2) is 8.66. The number of ether oxygens (including phenoxy) is 2. The van der Waals surface area contributed by atoms with Gasteiger partial charge in [0, 0.05) is 19.2 Å². The minimum absolute atomic E-state index is 0.0178. The molecule has 0 amide bonds. The van der Waals surface area contributed by atoms with E-state index >= 15 is 0 Å². The van der Waals surface area contributed by atoms with Gasteiger partial charge in [0.25, 0.3) is 0 Å². The molecule has 0 aliphatic carbocycles. The Labute approximate surface area is 162 Å². The van der Waals surface area contributed by atoms with Crippen molar-refractivity contribution in [2.24, 2.45) is 0 Å². The fraction of sp³-hybridized carbons (Fsp3) is 0.579. The van der Waals surface area contributed by atoms with E-state index in [1.54, 1.807) is 18.2 Å². The molecular formula is C19H24N4O5. The zero-order valence-electron chi connectivity index (χ0n) is 15.7. The topological polar surface area (TPSA) is 104 Å². The van der Waals surface area contributed by atoms with E-state index in [0.29, 0.717) is 30.7 Å². The van der Waals surface area contributed by atoms with Gasteiger partial charge in [0.05, 0.1) is 11.0 Å². The molecule has 0 spiro atoms. The molecule has 2 fully saturated rings. The van der Waals surface area contributed by atoms with Crippen molar-refractivity contribution in [2.45, 2.75) is 44.2 Å². The van der Waals surface area contributed by atoms with Crippen molar-refractivity contribution in [3.8, 4) is 5.75 Å². The van der Waals surface area contributed by atoms with E-state index in [4.69, 9.17) is 13.9 Å². The third-order valence-electron chi connectivity index (χ3n) is 5.26. The van der Waals surface area contributed by atoms with Gasteiger partial charge in [-0.1, -0.05) is 18.6 Å². The number of para-hydroxylation sites is 2. The molecule has 1 aromatic heterocycles. The second-order valence-electron chi connectivity index (χ2n) is 7.10. The van der Waals surface area contributed by atoms with Gasteiger partial charge in [-0.05, 0) is 38.3 Å². The lowest BCUT2D eigenvalue weighted by atomic mass is 10.0. The van der Waals surface area contributed by atoms with Crippen molar-refractivity contribution in [1.29, 1.82) is 0 Å². The Hall–Kier alpha value is -2.52. The van der Waals surface area contributed by atoms with Crippen LogP contribution < -0.4 is 4.74 Å². The maximum atomic E-state index is 11.1. The first kappa shape index (κ1) is 18.8. The van der Waals surface area contributed by atoms with E-state index < -0.39 is 4.92 Å². The molecule has 0 unspecified atom stereocenters. The molecule has 2 aromatic rings. The standard InChI is InChI=1S/C19H24N4O5/c24-23(25)14-6-1-2-8-16(14)27-13-11-22-10-4-3-7-15(22)18-20-21-19(28-18)17-9-5-12-26-17/h1-2,6,8,15,17H,3-5,7,9-13H2/t15-,17+/m0/s1. The molecule has 28 heavy (non-hydrogen) atoms. The summed E-state index contributed by atoms with van der Waals surface area (Å²) in [6, 6.07) is 6.48. The largest absolute Gasteiger partial charge is 0.485 e. The molecular weight excluding hydrogens is 364 g/mol. The van der Waals surface area contributed by atoms with Crippen LogP contribution in [0.2, 0.25) is 0 Å². The summed E-state index contributed by atoms with van der Waals surface area (Å²) in [7, 11) is 0. The van der Waals surface area contributed by atoms with Gasteiger partial charge < -0.3 is 13.9 Å². The second-order valence-corrected chi connectivity index (χ2v) is 7.10. The third-order valence-corrected chi connectivity index (χ3v) is 5.26. The number of likely N-dealkylation sites (tertiary alicyclic amines) is 1. The van der Waals surface area contributed by atoms with E-state index in [1.807, 2.05) is 0 Å². The van der Waals surface area contributed by atoms with Crippen molar-refractivity contribution < 1.29 is 18.8 Å². The minimum atomic E-state index is -0.426. The third kappa shape index (κ3) is 4.15. The van der Waals surface area contributed by atoms with Crippen LogP contribution in [0.4, 0.5) is 5.69 Å². The highest BCUT2D eigenvalue weighted by atomic mass is 16.6. The highest BCUT2D eigenvalue weighted by Gasteiger charge is 2.31. The minimum Gasteiger partial charge on any atom is -0.485 e. The number of benzene rings is 1. The number of nitro groups is 1. The maximum absolute atomic E-state index is 11.1. The quantitative estimate of drug-likeness (QED) is 0.525. The molecule has 0 radical (unpaired) electrons. The molecule has 9 nitrogen and oxygen atoms in total. The van der Waals surface area contributed by atoms with Crippen LogP contribution in [-0.2, 0) is 4.74 Å². The molecule has 4 rings (SSSR count). The smallest absolute Gasteiger partial charge is 0.310 e. The zero-order chi connectivity index (χ0) is 19.3. The first-order chi connectivity index (χ1) is 13.7. The molecule has 0 N–H and O–H groups in total. The van der Waals surface area contributed by atoms with Crippen molar-refractivity contribution in [3.63, 3.8) is 0 Å². The number of nitro benzene ring substituents is 1. The van der Waals surface area contributed by atoms with Gasteiger partial charge in [0.2, 0.25) is 11.8 Å². The molecule has 9 heteroatoms. The molecule has 3 heterocycles. The fourth-order valence-corrected chi connectivity index (χ4v) is 3.82. The summed E-state index contributed by atoms with van der Waals surface area (Å²) in [6.07, 6.45) is 4.98. The summed E-state index contributed by atoms with van der Waals surface area (Å²) in [6.45, 7) is 2.63. The van der Waals surface area contributed by atoms with Crippen LogP contribution >= 0.6 is 0 Å². The normalized spacial score (nSPS) is 23.0. The Morgan fingerprint density at radius 1 is 1.18 bits per heavy atom. The summed E-state index contributed by atoms with van der Waals surface area (Å²) in [5.74, 6) is 1.48. The summed E-state index contributed by atoms with van der Waals surface area (Å²) < 4.78 is 17.3. The van der Waals surface area contributed by atoms with Crippen LogP contribution in [0.3, 0.4) is 0 Å². The number of nitrogens with zero attached hydrogens (tertiary/aromatic N) is 4. The van der Waals surface area contributed by atoms with Crippen LogP contribution in [0.25, 0.3) is 0 Å². The van der Waals surface area contributed by atoms with Crippen molar-refractivity contribution >= 4 is 5.69 Å². The lowest BCUT2D eigenvalue weighted by molar-refractivity contribution is -0.385. The Kier molecular flexibility index (Phi) is 5.82. The number of aromatic nitrogens is 2. The molecule has 2 aliphatic rings. The molecule has 2 atom stereocenters. The van der Waals surface area contributed by atoms with Gasteiger partial charge >= 0.3 is 5.69 Å². The van der Waals surface area contributed by atoms with Crippen molar-refractivity contribution in [2.75, 3.05) is 26.3 Å². The van der Waals surface area contributed by atoms with E-state index in [-0.39, 0.29) is 17.8 Å². The van der Waals surface area contributed by atoms with Gasteiger partial charge in [-0.3, -0.25) is 15.0 Å². The van der Waals surface area contributed by atoms with Crippen LogP contribution in [0.1, 0.15) is 56.0 Å². The number of piperidine rings is 1. The fourth-order valence-electron chi connectivity index (χ4n) is 3.82.